The summed E-state index contributed by atoms with van der Waals surface area (Å²) >= 11 is 1.58. The van der Waals surface area contributed by atoms with Gasteiger partial charge in [-0.25, -0.2) is 0 Å². The maximum atomic E-state index is 11.7. The second kappa shape index (κ2) is 5.52. The molecule has 4 heteroatoms. The van der Waals surface area contributed by atoms with E-state index >= 15 is 0 Å². The summed E-state index contributed by atoms with van der Waals surface area (Å²) in [6.45, 7) is 2.32. The molecule has 0 bridgehead atoms. The first-order valence-electron chi connectivity index (χ1n) is 4.79. The van der Waals surface area contributed by atoms with Crippen molar-refractivity contribution in [2.45, 2.75) is 13.3 Å². The molecule has 0 aliphatic carbocycles. The average Bonchev–Trinajstić information content (AvgIpc) is 2.70. The Labute approximate surface area is 93.9 Å². The Hall–Kier alpha value is -1.34. The first-order valence-corrected chi connectivity index (χ1v) is 5.67. The summed E-state index contributed by atoms with van der Waals surface area (Å²) in [5.74, 6) is -0.0400. The van der Waals surface area contributed by atoms with Crippen molar-refractivity contribution in [1.82, 2.24) is 4.90 Å². The van der Waals surface area contributed by atoms with Crippen LogP contribution in [0.3, 0.4) is 0 Å². The summed E-state index contributed by atoms with van der Waals surface area (Å²) in [7, 11) is 1.74. The highest BCUT2D eigenvalue weighted by molar-refractivity contribution is 7.10. The number of amides is 1. The molecule has 0 fully saturated rings. The third-order valence-corrected chi connectivity index (χ3v) is 2.98. The molecule has 1 atom stereocenters. The van der Waals surface area contributed by atoms with Gasteiger partial charge in [0.15, 0.2) is 0 Å². The monoisotopic (exact) mass is 222 g/mol. The van der Waals surface area contributed by atoms with E-state index in [0.717, 1.165) is 4.88 Å². The Bertz CT molecular complexity index is 353. The van der Waals surface area contributed by atoms with E-state index in [2.05, 4.69) is 6.07 Å². The highest BCUT2D eigenvalue weighted by Crippen LogP contribution is 2.10. The number of rotatable bonds is 4. The van der Waals surface area contributed by atoms with Gasteiger partial charge in [0.1, 0.15) is 0 Å². The van der Waals surface area contributed by atoms with Gasteiger partial charge in [-0.1, -0.05) is 6.07 Å². The lowest BCUT2D eigenvalue weighted by Gasteiger charge is -2.17. The van der Waals surface area contributed by atoms with Crippen LogP contribution in [-0.2, 0) is 11.2 Å². The fourth-order valence-electron chi connectivity index (χ4n) is 1.25. The molecule has 1 heterocycles. The molecule has 0 radical (unpaired) electrons. The van der Waals surface area contributed by atoms with Crippen molar-refractivity contribution in [3.63, 3.8) is 0 Å². The van der Waals surface area contributed by atoms with Gasteiger partial charge in [0.05, 0.1) is 18.4 Å². The first kappa shape index (κ1) is 11.7. The van der Waals surface area contributed by atoms with Crippen molar-refractivity contribution in [2.75, 3.05) is 13.6 Å². The number of hydrogen-bond donors (Lipinski definition) is 0. The standard InChI is InChI=1S/C11H14N2OS/c1-9(7-12)8-13(2)11(14)6-10-4-3-5-15-10/h3-5,9H,6,8H2,1-2H3. The molecule has 80 valence electrons. The Morgan fingerprint density at radius 2 is 2.47 bits per heavy atom. The molecule has 1 aromatic rings. The van der Waals surface area contributed by atoms with Crippen molar-refractivity contribution in [3.05, 3.63) is 22.4 Å². The molecular formula is C11H14N2OS. The molecule has 0 spiro atoms. The third-order valence-electron chi connectivity index (χ3n) is 2.10. The van der Waals surface area contributed by atoms with Gasteiger partial charge in [0.2, 0.25) is 5.91 Å². The Morgan fingerprint density at radius 3 is 3.00 bits per heavy atom. The molecule has 0 aromatic carbocycles. The van der Waals surface area contributed by atoms with Crippen molar-refractivity contribution in [1.29, 1.82) is 5.26 Å². The van der Waals surface area contributed by atoms with E-state index in [1.165, 1.54) is 0 Å². The number of likely N-dealkylation sites (N-methyl/N-ethyl adjacent to an activating group) is 1. The zero-order valence-corrected chi connectivity index (χ0v) is 9.75. The largest absolute Gasteiger partial charge is 0.344 e. The highest BCUT2D eigenvalue weighted by Gasteiger charge is 2.12. The number of carbonyl (C=O) groups is 1. The van der Waals surface area contributed by atoms with E-state index in [1.54, 1.807) is 23.3 Å². The summed E-state index contributed by atoms with van der Waals surface area (Å²) in [4.78, 5) is 14.4. The van der Waals surface area contributed by atoms with Gasteiger partial charge in [-0.15, -0.1) is 11.3 Å². The van der Waals surface area contributed by atoms with Crippen LogP contribution in [0.15, 0.2) is 17.5 Å². The topological polar surface area (TPSA) is 44.1 Å². The van der Waals surface area contributed by atoms with E-state index in [4.69, 9.17) is 5.26 Å². The molecular weight excluding hydrogens is 208 g/mol. The summed E-state index contributed by atoms with van der Waals surface area (Å²) in [6.07, 6.45) is 0.437. The van der Waals surface area contributed by atoms with Crippen LogP contribution >= 0.6 is 11.3 Å². The van der Waals surface area contributed by atoms with Crippen LogP contribution in [0.5, 0.6) is 0 Å². The van der Waals surface area contributed by atoms with Gasteiger partial charge in [-0.05, 0) is 18.4 Å². The molecule has 0 saturated heterocycles. The van der Waals surface area contributed by atoms with Crippen LogP contribution in [-0.4, -0.2) is 24.4 Å². The normalized spacial score (nSPS) is 11.8. The van der Waals surface area contributed by atoms with Crippen LogP contribution < -0.4 is 0 Å². The Balaban J connectivity index is 2.44. The van der Waals surface area contributed by atoms with E-state index in [9.17, 15) is 4.79 Å². The molecule has 0 aliphatic heterocycles. The minimum atomic E-state index is -0.109. The molecule has 1 aromatic heterocycles. The summed E-state index contributed by atoms with van der Waals surface area (Å²) in [5, 5.41) is 10.6. The first-order chi connectivity index (χ1) is 7.13. The second-order valence-corrected chi connectivity index (χ2v) is 4.59. The van der Waals surface area contributed by atoms with Gasteiger partial charge in [-0.3, -0.25) is 4.79 Å². The number of carbonyl (C=O) groups excluding carboxylic acids is 1. The molecule has 1 unspecified atom stereocenters. The summed E-state index contributed by atoms with van der Waals surface area (Å²) in [5.41, 5.74) is 0. The minimum absolute atomic E-state index is 0.0690. The lowest BCUT2D eigenvalue weighted by molar-refractivity contribution is -0.129. The zero-order valence-electron chi connectivity index (χ0n) is 8.93. The van der Waals surface area contributed by atoms with Crippen molar-refractivity contribution >= 4 is 17.2 Å². The predicted molar refractivity (Wildman–Crippen MR) is 60.4 cm³/mol. The number of nitrogens with zero attached hydrogens (tertiary/aromatic N) is 2. The van der Waals surface area contributed by atoms with E-state index in [0.29, 0.717) is 13.0 Å². The smallest absolute Gasteiger partial charge is 0.227 e. The molecule has 3 nitrogen and oxygen atoms in total. The quantitative estimate of drug-likeness (QED) is 0.781. The molecule has 0 N–H and O–H groups in total. The maximum absolute atomic E-state index is 11.7. The lowest BCUT2D eigenvalue weighted by Crippen LogP contribution is -2.31. The third kappa shape index (κ3) is 3.72. The number of nitriles is 1. The lowest BCUT2D eigenvalue weighted by atomic mass is 10.2. The van der Waals surface area contributed by atoms with E-state index < -0.39 is 0 Å². The molecule has 1 rings (SSSR count). The van der Waals surface area contributed by atoms with Crippen molar-refractivity contribution in [2.24, 2.45) is 5.92 Å². The van der Waals surface area contributed by atoms with E-state index in [1.807, 2.05) is 24.4 Å². The summed E-state index contributed by atoms with van der Waals surface area (Å²) < 4.78 is 0. The fraction of sp³-hybridized carbons (Fsp3) is 0.455. The Kier molecular flexibility index (Phi) is 4.32. The van der Waals surface area contributed by atoms with Gasteiger partial charge in [0.25, 0.3) is 0 Å². The zero-order chi connectivity index (χ0) is 11.3. The van der Waals surface area contributed by atoms with Gasteiger partial charge >= 0.3 is 0 Å². The van der Waals surface area contributed by atoms with Gasteiger partial charge < -0.3 is 4.90 Å². The molecule has 1 amide bonds. The average molecular weight is 222 g/mol. The van der Waals surface area contributed by atoms with E-state index in [-0.39, 0.29) is 11.8 Å². The molecule has 0 saturated carbocycles. The Morgan fingerprint density at radius 1 is 1.73 bits per heavy atom. The maximum Gasteiger partial charge on any atom is 0.227 e. The van der Waals surface area contributed by atoms with Crippen molar-refractivity contribution < 1.29 is 4.79 Å². The van der Waals surface area contributed by atoms with Crippen molar-refractivity contribution in [3.8, 4) is 6.07 Å². The van der Waals surface area contributed by atoms with Crippen LogP contribution in [0.1, 0.15) is 11.8 Å². The number of thiophene rings is 1. The highest BCUT2D eigenvalue weighted by atomic mass is 32.1. The minimum Gasteiger partial charge on any atom is -0.344 e. The van der Waals surface area contributed by atoms with Crippen LogP contribution in [0, 0.1) is 17.2 Å². The number of hydrogen-bond acceptors (Lipinski definition) is 3. The fourth-order valence-corrected chi connectivity index (χ4v) is 1.95. The SMILES string of the molecule is CC(C#N)CN(C)C(=O)Cc1cccs1. The van der Waals surface area contributed by atoms with Crippen LogP contribution in [0.4, 0.5) is 0 Å². The van der Waals surface area contributed by atoms with Crippen LogP contribution in [0.2, 0.25) is 0 Å². The summed E-state index contributed by atoms with van der Waals surface area (Å²) in [6, 6.07) is 6.00. The second-order valence-electron chi connectivity index (χ2n) is 3.56. The predicted octanol–water partition coefficient (Wildman–Crippen LogP) is 1.91. The van der Waals surface area contributed by atoms with Crippen LogP contribution in [0.25, 0.3) is 0 Å². The molecule has 15 heavy (non-hydrogen) atoms. The van der Waals surface area contributed by atoms with Gasteiger partial charge in [0, 0.05) is 18.5 Å². The molecule has 0 aliphatic rings. The van der Waals surface area contributed by atoms with Gasteiger partial charge in [-0.2, -0.15) is 5.26 Å².